The molecule has 1 saturated carbocycles. The molecular formula is C32H15BF15N3O4. The number of nitro benzene ring substituents is 1. The van der Waals surface area contributed by atoms with E-state index >= 15 is 43.9 Å². The predicted molar refractivity (Wildman–Crippen MR) is 157 cm³/mol. The first-order valence-electron chi connectivity index (χ1n) is 15.4. The lowest BCUT2D eigenvalue weighted by atomic mass is 9.38. The molecule has 0 atom stereocenters. The van der Waals surface area contributed by atoms with Crippen LogP contribution in [0.25, 0.3) is 0 Å². The molecule has 290 valence electrons. The van der Waals surface area contributed by atoms with Gasteiger partial charge in [0.05, 0.1) is 10.6 Å². The third-order valence-electron chi connectivity index (χ3n) is 9.25. The van der Waals surface area contributed by atoms with Crippen LogP contribution in [-0.2, 0) is 4.65 Å². The van der Waals surface area contributed by atoms with E-state index in [1.165, 1.54) is 0 Å². The van der Waals surface area contributed by atoms with Gasteiger partial charge >= 0.3 is 12.5 Å². The molecule has 0 saturated heterocycles. The van der Waals surface area contributed by atoms with Gasteiger partial charge in [-0.1, -0.05) is 6.42 Å². The summed E-state index contributed by atoms with van der Waals surface area (Å²) >= 11 is 0. The predicted octanol–water partition coefficient (Wildman–Crippen LogP) is 7.69. The number of carbonyl (C=O) groups is 1. The highest BCUT2D eigenvalue weighted by Crippen LogP contribution is 2.38. The van der Waals surface area contributed by atoms with Crippen LogP contribution >= 0.6 is 0 Å². The third-order valence-corrected chi connectivity index (χ3v) is 9.25. The second-order valence-electron chi connectivity index (χ2n) is 12.2. The van der Waals surface area contributed by atoms with E-state index in [-0.39, 0.29) is 30.3 Å². The quantitative estimate of drug-likeness (QED) is 0.0382. The largest absolute Gasteiger partial charge is 0.640 e. The van der Waals surface area contributed by atoms with Crippen LogP contribution in [0, 0.1) is 97.4 Å². The average molecular weight is 801 g/mol. The molecule has 0 spiro atoms. The van der Waals surface area contributed by atoms with Crippen LogP contribution in [0.2, 0.25) is 0 Å². The lowest BCUT2D eigenvalue weighted by molar-refractivity contribution is -0.483. The number of halogens is 15. The van der Waals surface area contributed by atoms with Crippen molar-refractivity contribution in [2.45, 2.75) is 38.1 Å². The Bertz CT molecular complexity index is 2220. The Kier molecular flexibility index (Phi) is 9.79. The van der Waals surface area contributed by atoms with Gasteiger partial charge in [-0.05, 0) is 48.7 Å². The van der Waals surface area contributed by atoms with Gasteiger partial charge in [-0.15, -0.1) is 0 Å². The molecule has 55 heavy (non-hydrogen) atoms. The summed E-state index contributed by atoms with van der Waals surface area (Å²) in [5, 5.41) is 11.4. The highest BCUT2D eigenvalue weighted by Gasteiger charge is 2.62. The van der Waals surface area contributed by atoms with Crippen LogP contribution in [0.5, 0.6) is 0 Å². The Balaban J connectivity index is 1.94. The second kappa shape index (κ2) is 13.8. The molecule has 23 heteroatoms. The number of nitrogens with zero attached hydrogens (tertiary/aromatic N) is 3. The highest BCUT2D eigenvalue weighted by molar-refractivity contribution is 7.03. The Hall–Kier alpha value is -5.77. The van der Waals surface area contributed by atoms with Gasteiger partial charge in [0.15, 0.2) is 58.2 Å². The SMILES string of the molecule is O=C1N(c2ccc([N+](=O)[O-])cc2)[B-](c2c(F)c(F)c(F)c(F)c2F)(c2c(F)c(F)c(F)c(F)c2F)OC(c2c(F)c(F)c(F)c(F)c2F)=[N+]1C1CCCCC1. The van der Waals surface area contributed by atoms with Crippen molar-refractivity contribution in [2.75, 3.05) is 4.81 Å². The van der Waals surface area contributed by atoms with Crippen LogP contribution in [-0.4, -0.2) is 34.0 Å². The Morgan fingerprint density at radius 3 is 1.33 bits per heavy atom. The van der Waals surface area contributed by atoms with Gasteiger partial charge in [0, 0.05) is 12.1 Å². The van der Waals surface area contributed by atoms with E-state index in [9.17, 15) is 36.9 Å². The van der Waals surface area contributed by atoms with Gasteiger partial charge in [0.1, 0.15) is 34.9 Å². The van der Waals surface area contributed by atoms with Gasteiger partial charge in [-0.2, -0.15) is 4.58 Å². The molecule has 2 aliphatic rings. The van der Waals surface area contributed by atoms with Crippen molar-refractivity contribution >= 4 is 40.7 Å². The molecular weight excluding hydrogens is 786 g/mol. The summed E-state index contributed by atoms with van der Waals surface area (Å²) in [6.07, 6.45) is 0.0659. The molecule has 2 amide bonds. The summed E-state index contributed by atoms with van der Waals surface area (Å²) in [4.78, 5) is 24.8. The maximum Gasteiger partial charge on any atom is 0.458 e. The van der Waals surface area contributed by atoms with Crippen LogP contribution < -0.4 is 15.7 Å². The number of rotatable bonds is 6. The Labute approximate surface area is 296 Å². The van der Waals surface area contributed by atoms with Crippen molar-refractivity contribution < 1.29 is 84.8 Å². The number of urea groups is 1. The molecule has 1 aliphatic heterocycles. The summed E-state index contributed by atoms with van der Waals surface area (Å²) < 4.78 is 234. The number of hydrogen-bond acceptors (Lipinski definition) is 4. The van der Waals surface area contributed by atoms with Gasteiger partial charge in [0.25, 0.3) is 11.6 Å². The van der Waals surface area contributed by atoms with Gasteiger partial charge < -0.3 is 9.47 Å². The molecule has 4 aromatic carbocycles. The number of benzene rings is 4. The molecule has 0 bridgehead atoms. The zero-order chi connectivity index (χ0) is 40.6. The molecule has 0 N–H and O–H groups in total. The minimum absolute atomic E-state index is 0.0386. The number of nitro groups is 1. The van der Waals surface area contributed by atoms with Crippen molar-refractivity contribution in [1.82, 2.24) is 0 Å². The van der Waals surface area contributed by atoms with Crippen LogP contribution in [0.3, 0.4) is 0 Å². The first-order chi connectivity index (χ1) is 25.8. The van der Waals surface area contributed by atoms with Crippen molar-refractivity contribution in [3.63, 3.8) is 0 Å². The van der Waals surface area contributed by atoms with E-state index in [4.69, 9.17) is 4.65 Å². The number of carbonyl (C=O) groups excluding carboxylic acids is 1. The second-order valence-corrected chi connectivity index (χ2v) is 12.2. The van der Waals surface area contributed by atoms with Crippen molar-refractivity contribution in [1.29, 1.82) is 0 Å². The van der Waals surface area contributed by atoms with E-state index in [0.717, 1.165) is 0 Å². The smallest absolute Gasteiger partial charge is 0.458 e. The van der Waals surface area contributed by atoms with E-state index in [1.807, 2.05) is 0 Å². The molecule has 0 radical (unpaired) electrons. The molecule has 4 aromatic rings. The summed E-state index contributed by atoms with van der Waals surface area (Å²) in [6.45, 7) is -6.07. The fraction of sp³-hybridized carbons (Fsp3) is 0.188. The number of amides is 2. The third kappa shape index (κ3) is 5.64. The standard InChI is InChI=1S/C32H15BF15N3O4/c34-16-13(17(35)23(41)28(46)22(16)40)31-49(10-4-2-1-3-5-10)32(52)50(11-6-8-12(9-7-11)51(53)54)33(55-31,14-18(36)24(42)29(47)25(43)19(14)37)15-20(38)26(44)30(48)27(45)21(15)39/h6-10H,1-5H2. The monoisotopic (exact) mass is 801 g/mol. The average Bonchev–Trinajstić information content (AvgIpc) is 3.16. The van der Waals surface area contributed by atoms with Crippen LogP contribution in [0.4, 0.5) is 82.0 Å². The Morgan fingerprint density at radius 1 is 0.582 bits per heavy atom. The summed E-state index contributed by atoms with van der Waals surface area (Å²) in [7, 11) is 0. The van der Waals surface area contributed by atoms with Gasteiger partial charge in [0.2, 0.25) is 5.82 Å². The van der Waals surface area contributed by atoms with Crippen LogP contribution in [0.15, 0.2) is 24.3 Å². The lowest BCUT2D eigenvalue weighted by Crippen LogP contribution is -2.81. The van der Waals surface area contributed by atoms with E-state index in [1.54, 1.807) is 0 Å². The number of non-ortho nitro benzene ring substituents is 1. The van der Waals surface area contributed by atoms with E-state index in [2.05, 4.69) is 0 Å². The number of hydrogen-bond donors (Lipinski definition) is 0. The maximum atomic E-state index is 16.1. The maximum absolute atomic E-state index is 16.1. The minimum atomic E-state index is -6.07. The first-order valence-corrected chi connectivity index (χ1v) is 15.4. The summed E-state index contributed by atoms with van der Waals surface area (Å²) in [5.74, 6) is -47.4. The molecule has 1 fully saturated rings. The molecule has 6 rings (SSSR count). The molecule has 0 unspecified atom stereocenters. The minimum Gasteiger partial charge on any atom is -0.640 e. The highest BCUT2D eigenvalue weighted by atomic mass is 19.2. The molecule has 0 aromatic heterocycles. The lowest BCUT2D eigenvalue weighted by Gasteiger charge is -2.50. The van der Waals surface area contributed by atoms with Crippen molar-refractivity contribution in [2.24, 2.45) is 0 Å². The fourth-order valence-electron chi connectivity index (χ4n) is 6.77. The number of anilines is 1. The normalized spacial score (nSPS) is 16.2. The zero-order valence-electron chi connectivity index (χ0n) is 26.6. The van der Waals surface area contributed by atoms with Gasteiger partial charge in [-0.3, -0.25) is 10.1 Å². The van der Waals surface area contributed by atoms with Crippen LogP contribution in [0.1, 0.15) is 37.7 Å². The zero-order valence-corrected chi connectivity index (χ0v) is 26.6. The van der Waals surface area contributed by atoms with E-state index < -0.39 is 149 Å². The molecule has 7 nitrogen and oxygen atoms in total. The van der Waals surface area contributed by atoms with Gasteiger partial charge in [-0.25, -0.2) is 70.7 Å². The summed E-state index contributed by atoms with van der Waals surface area (Å²) in [6, 6.07) is -1.94. The first kappa shape index (κ1) is 38.9. The topological polar surface area (TPSA) is 75.7 Å². The van der Waals surface area contributed by atoms with Crippen molar-refractivity contribution in [3.05, 3.63) is 127 Å². The fourth-order valence-corrected chi connectivity index (χ4v) is 6.77. The molecule has 1 heterocycles. The van der Waals surface area contributed by atoms with Crippen molar-refractivity contribution in [3.8, 4) is 0 Å². The molecule has 1 aliphatic carbocycles. The summed E-state index contributed by atoms with van der Waals surface area (Å²) in [5.41, 5.74) is -9.93. The Morgan fingerprint density at radius 2 is 0.945 bits per heavy atom. The van der Waals surface area contributed by atoms with E-state index in [0.29, 0.717) is 30.7 Å².